The zero-order chi connectivity index (χ0) is 20.7. The van der Waals surface area contributed by atoms with E-state index in [0.29, 0.717) is 32.6 Å². The van der Waals surface area contributed by atoms with Crippen molar-refractivity contribution in [2.45, 2.75) is 45.3 Å². The number of ether oxygens (including phenoxy) is 1. The van der Waals surface area contributed by atoms with Gasteiger partial charge in [-0.2, -0.15) is 5.10 Å². The van der Waals surface area contributed by atoms with Gasteiger partial charge in [0.2, 0.25) is 0 Å². The summed E-state index contributed by atoms with van der Waals surface area (Å²) in [6, 6.07) is 8.01. The summed E-state index contributed by atoms with van der Waals surface area (Å²) in [4.78, 5) is 2.51. The summed E-state index contributed by atoms with van der Waals surface area (Å²) in [7, 11) is 2.24. The molecule has 0 amide bonds. The van der Waals surface area contributed by atoms with Crippen molar-refractivity contribution in [3.05, 3.63) is 36.2 Å². The van der Waals surface area contributed by atoms with Crippen molar-refractivity contribution in [1.82, 2.24) is 24.9 Å². The highest BCUT2D eigenvalue weighted by Crippen LogP contribution is 2.76. The smallest absolute Gasteiger partial charge is 0.294 e. The second-order valence-electron chi connectivity index (χ2n) is 9.46. The summed E-state index contributed by atoms with van der Waals surface area (Å²) in [5.74, 6) is 0.160. The van der Waals surface area contributed by atoms with Gasteiger partial charge in [-0.1, -0.05) is 23.4 Å². The summed E-state index contributed by atoms with van der Waals surface area (Å²) in [5.41, 5.74) is 3.31. The van der Waals surface area contributed by atoms with Crippen LogP contribution in [0.1, 0.15) is 31.9 Å². The normalized spacial score (nSPS) is 32.2. The number of rotatable bonds is 4. The van der Waals surface area contributed by atoms with Crippen molar-refractivity contribution in [3.63, 3.8) is 0 Å². The first-order valence-electron chi connectivity index (χ1n) is 10.4. The lowest BCUT2D eigenvalue weighted by atomic mass is 9.79. The molecule has 7 nitrogen and oxygen atoms in total. The van der Waals surface area contributed by atoms with E-state index in [0.717, 1.165) is 24.2 Å². The first-order chi connectivity index (χ1) is 14.4. The predicted molar refractivity (Wildman–Crippen MR) is 114 cm³/mol. The fourth-order valence-corrected chi connectivity index (χ4v) is 6.81. The Balaban J connectivity index is 1.20. The minimum Gasteiger partial charge on any atom is -0.507 e. The van der Waals surface area contributed by atoms with Crippen LogP contribution in [0.2, 0.25) is 0 Å². The molecule has 156 valence electrons. The Morgan fingerprint density at radius 2 is 2.13 bits per heavy atom. The Morgan fingerprint density at radius 1 is 1.27 bits per heavy atom. The van der Waals surface area contributed by atoms with Crippen molar-refractivity contribution >= 4 is 11.3 Å². The molecule has 2 aliphatic carbocycles. The molecule has 4 unspecified atom stereocenters. The van der Waals surface area contributed by atoms with Crippen molar-refractivity contribution in [2.75, 3.05) is 13.6 Å². The van der Waals surface area contributed by atoms with Gasteiger partial charge in [0.05, 0.1) is 16.9 Å². The average Bonchev–Trinajstić information content (AvgIpc) is 3.01. The molecular weight excluding hydrogens is 398 g/mol. The fourth-order valence-electron chi connectivity index (χ4n) is 6.02. The lowest BCUT2D eigenvalue weighted by Gasteiger charge is -2.33. The maximum Gasteiger partial charge on any atom is 0.294 e. The highest BCUT2D eigenvalue weighted by molar-refractivity contribution is 7.16. The summed E-state index contributed by atoms with van der Waals surface area (Å²) in [6.45, 7) is 5.56. The highest BCUT2D eigenvalue weighted by atomic mass is 32.1. The maximum absolute atomic E-state index is 10.6. The monoisotopic (exact) mass is 423 g/mol. The van der Waals surface area contributed by atoms with E-state index in [2.05, 4.69) is 34.2 Å². The molecule has 8 heteroatoms. The summed E-state index contributed by atoms with van der Waals surface area (Å²) in [5, 5.41) is 24.7. The molecule has 1 saturated heterocycles. The second-order valence-corrected chi connectivity index (χ2v) is 10.4. The standard InChI is InChI=1S/C22H25N5O2S/c1-13-6-7-27(25-13)14-4-5-16(17(28)8-14)19-23-24-20(30-19)29-15-9-18-21(2)11-22(21,10-15)12-26(18)3/h4-8,15,18,28H,9-12H2,1-3H3. The lowest BCUT2D eigenvalue weighted by Crippen LogP contribution is -2.38. The molecule has 3 heterocycles. The Morgan fingerprint density at radius 3 is 2.87 bits per heavy atom. The summed E-state index contributed by atoms with van der Waals surface area (Å²) < 4.78 is 8.02. The van der Waals surface area contributed by atoms with Crippen molar-refractivity contribution in [3.8, 4) is 27.2 Å². The number of phenolic OH excluding ortho intramolecular Hbond substituents is 1. The van der Waals surface area contributed by atoms with Crippen LogP contribution in [0.3, 0.4) is 0 Å². The first-order valence-corrected chi connectivity index (χ1v) is 11.3. The first kappa shape index (κ1) is 18.3. The molecule has 2 saturated carbocycles. The van der Waals surface area contributed by atoms with Gasteiger partial charge in [-0.25, -0.2) is 4.68 Å². The second kappa shape index (κ2) is 6.04. The number of aromatic hydroxyl groups is 1. The average molecular weight is 424 g/mol. The molecule has 4 atom stereocenters. The molecule has 2 aromatic heterocycles. The Hall–Kier alpha value is -2.45. The number of hydrogen-bond acceptors (Lipinski definition) is 7. The summed E-state index contributed by atoms with van der Waals surface area (Å²) in [6.07, 6.45) is 5.54. The highest BCUT2D eigenvalue weighted by Gasteiger charge is 2.75. The minimum absolute atomic E-state index is 0.160. The van der Waals surface area contributed by atoms with Gasteiger partial charge in [-0.15, -0.1) is 5.10 Å². The number of phenols is 1. The molecular formula is C22H25N5O2S. The molecule has 1 N–H and O–H groups in total. The molecule has 1 aliphatic heterocycles. The number of aromatic nitrogens is 4. The van der Waals surface area contributed by atoms with E-state index in [9.17, 15) is 5.11 Å². The van der Waals surface area contributed by atoms with Crippen molar-refractivity contribution in [2.24, 2.45) is 10.8 Å². The molecule has 1 aromatic carbocycles. The van der Waals surface area contributed by atoms with E-state index in [-0.39, 0.29) is 11.9 Å². The minimum atomic E-state index is 0.160. The molecule has 3 aromatic rings. The molecule has 0 spiro atoms. The Kier molecular flexibility index (Phi) is 3.69. The van der Waals surface area contributed by atoms with Gasteiger partial charge in [0.25, 0.3) is 5.19 Å². The zero-order valence-electron chi connectivity index (χ0n) is 17.4. The quantitative estimate of drug-likeness (QED) is 0.690. The number of piperidine rings is 1. The van der Waals surface area contributed by atoms with Gasteiger partial charge in [0, 0.05) is 31.3 Å². The van der Waals surface area contributed by atoms with Crippen molar-refractivity contribution in [1.29, 1.82) is 0 Å². The largest absolute Gasteiger partial charge is 0.507 e. The van der Waals surface area contributed by atoms with E-state index in [1.807, 2.05) is 31.3 Å². The van der Waals surface area contributed by atoms with Gasteiger partial charge >= 0.3 is 0 Å². The van der Waals surface area contributed by atoms with E-state index in [1.54, 1.807) is 10.7 Å². The van der Waals surface area contributed by atoms with Crippen LogP contribution in [0.5, 0.6) is 10.9 Å². The zero-order valence-corrected chi connectivity index (χ0v) is 18.2. The van der Waals surface area contributed by atoms with E-state index >= 15 is 0 Å². The van der Waals surface area contributed by atoms with Gasteiger partial charge in [0.1, 0.15) is 11.9 Å². The van der Waals surface area contributed by atoms with Crippen LogP contribution in [0.15, 0.2) is 30.5 Å². The third-order valence-electron chi connectivity index (χ3n) is 7.59. The molecule has 2 bridgehead atoms. The Bertz CT molecular complexity index is 1140. The van der Waals surface area contributed by atoms with Gasteiger partial charge in [0.15, 0.2) is 5.01 Å². The third kappa shape index (κ3) is 2.56. The maximum atomic E-state index is 10.6. The van der Waals surface area contributed by atoms with Crippen LogP contribution in [0, 0.1) is 17.8 Å². The van der Waals surface area contributed by atoms with E-state index in [4.69, 9.17) is 4.74 Å². The number of aryl methyl sites for hydroxylation is 1. The van der Waals surface area contributed by atoms with Crippen molar-refractivity contribution < 1.29 is 9.84 Å². The van der Waals surface area contributed by atoms with Gasteiger partial charge < -0.3 is 14.7 Å². The van der Waals surface area contributed by atoms with Crippen LogP contribution >= 0.6 is 11.3 Å². The number of hydrogen-bond donors (Lipinski definition) is 1. The van der Waals surface area contributed by atoms with Gasteiger partial charge in [-0.3, -0.25) is 0 Å². The molecule has 6 rings (SSSR count). The fraction of sp³-hybridized carbons (Fsp3) is 0.500. The van der Waals surface area contributed by atoms with Gasteiger partial charge in [-0.05, 0) is 55.8 Å². The van der Waals surface area contributed by atoms with E-state index < -0.39 is 0 Å². The van der Waals surface area contributed by atoms with Crippen LogP contribution in [-0.4, -0.2) is 55.7 Å². The molecule has 30 heavy (non-hydrogen) atoms. The molecule has 3 aliphatic rings. The number of benzene rings is 1. The molecule has 0 radical (unpaired) electrons. The topological polar surface area (TPSA) is 76.3 Å². The third-order valence-corrected chi connectivity index (χ3v) is 8.44. The summed E-state index contributed by atoms with van der Waals surface area (Å²) >= 11 is 1.39. The molecule has 3 fully saturated rings. The lowest BCUT2D eigenvalue weighted by molar-refractivity contribution is 0.0926. The van der Waals surface area contributed by atoms with Crippen LogP contribution < -0.4 is 4.74 Å². The predicted octanol–water partition coefficient (Wildman–Crippen LogP) is 3.66. The number of likely N-dealkylation sites (tertiary alicyclic amines) is 1. The van der Waals surface area contributed by atoms with Crippen LogP contribution in [-0.2, 0) is 0 Å². The van der Waals surface area contributed by atoms with Crippen LogP contribution in [0.4, 0.5) is 0 Å². The number of nitrogens with zero attached hydrogens (tertiary/aromatic N) is 5. The Labute approximate surface area is 179 Å². The van der Waals surface area contributed by atoms with E-state index in [1.165, 1.54) is 24.3 Å². The van der Waals surface area contributed by atoms with Crippen LogP contribution in [0.25, 0.3) is 16.3 Å². The SMILES string of the molecule is Cc1ccn(-c2ccc(-c3nnc(OC4CC5N(C)CC6(C4)CC56C)s3)c(O)c2)n1.